The molecule has 1 heterocycles. The lowest BCUT2D eigenvalue weighted by molar-refractivity contribution is 0.0314. The van der Waals surface area contributed by atoms with Gasteiger partial charge in [-0.3, -0.25) is 0 Å². The zero-order valence-corrected chi connectivity index (χ0v) is 13.3. The van der Waals surface area contributed by atoms with Crippen LogP contribution in [0.4, 0.5) is 0 Å². The predicted octanol–water partition coefficient (Wildman–Crippen LogP) is 1.38. The molecule has 0 aromatic heterocycles. The molecule has 1 atom stereocenters. The quantitative estimate of drug-likeness (QED) is 0.861. The zero-order chi connectivity index (χ0) is 15.3. The minimum atomic E-state index is -3.43. The summed E-state index contributed by atoms with van der Waals surface area (Å²) >= 11 is 0. The maximum atomic E-state index is 12.7. The molecular weight excluding hydrogens is 288 g/mol. The van der Waals surface area contributed by atoms with Crippen molar-refractivity contribution in [2.45, 2.75) is 37.1 Å². The van der Waals surface area contributed by atoms with Gasteiger partial charge in [-0.15, -0.1) is 0 Å². The Morgan fingerprint density at radius 1 is 1.33 bits per heavy atom. The second-order valence-corrected chi connectivity index (χ2v) is 7.18. The van der Waals surface area contributed by atoms with Gasteiger partial charge in [-0.2, -0.15) is 4.31 Å². The Bertz CT molecular complexity index is 543. The molecule has 0 aliphatic carbocycles. The highest BCUT2D eigenvalue weighted by Crippen LogP contribution is 2.22. The van der Waals surface area contributed by atoms with Crippen LogP contribution in [0, 0.1) is 0 Å². The first-order valence-electron chi connectivity index (χ1n) is 7.48. The molecule has 6 heteroatoms. The van der Waals surface area contributed by atoms with E-state index in [0.717, 1.165) is 24.8 Å². The third-order valence-corrected chi connectivity index (χ3v) is 5.81. The molecule has 1 aliphatic rings. The van der Waals surface area contributed by atoms with Crippen LogP contribution in [-0.4, -0.2) is 45.1 Å². The zero-order valence-electron chi connectivity index (χ0n) is 12.5. The van der Waals surface area contributed by atoms with E-state index in [2.05, 4.69) is 0 Å². The van der Waals surface area contributed by atoms with Crippen LogP contribution in [0.15, 0.2) is 29.2 Å². The van der Waals surface area contributed by atoms with Gasteiger partial charge >= 0.3 is 0 Å². The molecular formula is C15H24N2O3S. The maximum Gasteiger partial charge on any atom is 0.243 e. The number of hydrogen-bond donors (Lipinski definition) is 1. The Morgan fingerprint density at radius 3 is 2.67 bits per heavy atom. The molecule has 0 radical (unpaired) electrons. The number of nitrogens with two attached hydrogens (primary N) is 1. The van der Waals surface area contributed by atoms with E-state index < -0.39 is 10.0 Å². The third-order valence-electron chi connectivity index (χ3n) is 3.84. The highest BCUT2D eigenvalue weighted by atomic mass is 32.2. The van der Waals surface area contributed by atoms with E-state index in [4.69, 9.17) is 10.5 Å². The fourth-order valence-corrected chi connectivity index (χ4v) is 4.22. The number of benzene rings is 1. The van der Waals surface area contributed by atoms with E-state index in [1.54, 1.807) is 16.4 Å². The van der Waals surface area contributed by atoms with Crippen LogP contribution in [-0.2, 0) is 21.2 Å². The number of rotatable bonds is 6. The van der Waals surface area contributed by atoms with Crippen LogP contribution >= 0.6 is 0 Å². The van der Waals surface area contributed by atoms with Crippen molar-refractivity contribution in [3.05, 3.63) is 29.8 Å². The van der Waals surface area contributed by atoms with Crippen molar-refractivity contribution in [3.8, 4) is 0 Å². The van der Waals surface area contributed by atoms with Gasteiger partial charge in [0.1, 0.15) is 0 Å². The van der Waals surface area contributed by atoms with Crippen LogP contribution < -0.4 is 5.73 Å². The average molecular weight is 312 g/mol. The van der Waals surface area contributed by atoms with Crippen molar-refractivity contribution < 1.29 is 13.2 Å². The fraction of sp³-hybridized carbons (Fsp3) is 0.600. The Balaban J connectivity index is 2.18. The topological polar surface area (TPSA) is 72.6 Å². The van der Waals surface area contributed by atoms with Gasteiger partial charge in [0.2, 0.25) is 10.0 Å². The normalized spacial score (nSPS) is 20.6. The summed E-state index contributed by atoms with van der Waals surface area (Å²) in [6.07, 6.45) is 2.55. The first-order chi connectivity index (χ1) is 10.1. The molecule has 2 N–H and O–H groups in total. The monoisotopic (exact) mass is 312 g/mol. The lowest BCUT2D eigenvalue weighted by atomic mass is 10.1. The van der Waals surface area contributed by atoms with Crippen molar-refractivity contribution in [3.63, 3.8) is 0 Å². The Kier molecular flexibility index (Phi) is 5.75. The summed E-state index contributed by atoms with van der Waals surface area (Å²) in [7, 11) is -3.43. The van der Waals surface area contributed by atoms with Crippen LogP contribution in [0.25, 0.3) is 0 Å². The SMILES string of the molecule is CCC1COCCN1S(=O)(=O)c1ccc(CCCN)cc1. The Morgan fingerprint density at radius 2 is 2.05 bits per heavy atom. The maximum absolute atomic E-state index is 12.7. The number of aryl methyl sites for hydroxylation is 1. The molecule has 0 saturated carbocycles. The molecule has 1 fully saturated rings. The van der Waals surface area contributed by atoms with Gasteiger partial charge in [-0.25, -0.2) is 8.42 Å². The van der Waals surface area contributed by atoms with Crippen molar-refractivity contribution in [2.75, 3.05) is 26.3 Å². The van der Waals surface area contributed by atoms with Gasteiger partial charge < -0.3 is 10.5 Å². The van der Waals surface area contributed by atoms with E-state index in [9.17, 15) is 8.42 Å². The molecule has 5 nitrogen and oxygen atoms in total. The molecule has 1 saturated heterocycles. The van der Waals surface area contributed by atoms with Gasteiger partial charge in [0.05, 0.1) is 18.1 Å². The van der Waals surface area contributed by atoms with Crippen LogP contribution in [0.2, 0.25) is 0 Å². The summed E-state index contributed by atoms with van der Waals surface area (Å²) in [4.78, 5) is 0.361. The standard InChI is InChI=1S/C15H24N2O3S/c1-2-14-12-20-11-10-17(14)21(18,19)15-7-5-13(6-8-15)4-3-9-16/h5-8,14H,2-4,9-12,16H2,1H3. The average Bonchev–Trinajstić information content (AvgIpc) is 2.53. The van der Waals surface area contributed by atoms with Gasteiger partial charge in [-0.1, -0.05) is 19.1 Å². The predicted molar refractivity (Wildman–Crippen MR) is 82.6 cm³/mol. The first kappa shape index (κ1) is 16.4. The molecule has 1 unspecified atom stereocenters. The van der Waals surface area contributed by atoms with Gasteiger partial charge in [-0.05, 0) is 43.5 Å². The van der Waals surface area contributed by atoms with Gasteiger partial charge in [0.15, 0.2) is 0 Å². The Labute approximate surface area is 127 Å². The number of nitrogens with zero attached hydrogens (tertiary/aromatic N) is 1. The molecule has 0 bridgehead atoms. The summed E-state index contributed by atoms with van der Waals surface area (Å²) in [6.45, 7) is 3.99. The molecule has 118 valence electrons. The molecule has 1 aromatic rings. The van der Waals surface area contributed by atoms with E-state index in [1.807, 2.05) is 19.1 Å². The van der Waals surface area contributed by atoms with Crippen LogP contribution in [0.1, 0.15) is 25.3 Å². The van der Waals surface area contributed by atoms with Gasteiger partial charge in [0, 0.05) is 12.6 Å². The van der Waals surface area contributed by atoms with Crippen molar-refractivity contribution in [2.24, 2.45) is 5.73 Å². The fourth-order valence-electron chi connectivity index (χ4n) is 2.55. The summed E-state index contributed by atoms with van der Waals surface area (Å²) < 4.78 is 32.4. The Hall–Kier alpha value is -0.950. The minimum Gasteiger partial charge on any atom is -0.378 e. The highest BCUT2D eigenvalue weighted by Gasteiger charge is 2.32. The smallest absolute Gasteiger partial charge is 0.243 e. The van der Waals surface area contributed by atoms with E-state index in [0.29, 0.717) is 31.2 Å². The molecule has 21 heavy (non-hydrogen) atoms. The number of hydrogen-bond acceptors (Lipinski definition) is 4. The lowest BCUT2D eigenvalue weighted by Crippen LogP contribution is -2.48. The molecule has 0 spiro atoms. The summed E-state index contributed by atoms with van der Waals surface area (Å²) in [5.74, 6) is 0. The summed E-state index contributed by atoms with van der Waals surface area (Å²) in [5.41, 5.74) is 6.61. The molecule has 1 aromatic carbocycles. The lowest BCUT2D eigenvalue weighted by Gasteiger charge is -2.34. The van der Waals surface area contributed by atoms with Gasteiger partial charge in [0.25, 0.3) is 0 Å². The third kappa shape index (κ3) is 3.83. The molecule has 1 aliphatic heterocycles. The van der Waals surface area contributed by atoms with Crippen molar-refractivity contribution in [1.29, 1.82) is 0 Å². The van der Waals surface area contributed by atoms with E-state index >= 15 is 0 Å². The number of sulfonamides is 1. The number of ether oxygens (including phenoxy) is 1. The first-order valence-corrected chi connectivity index (χ1v) is 8.92. The van der Waals surface area contributed by atoms with E-state index in [1.165, 1.54) is 0 Å². The van der Waals surface area contributed by atoms with E-state index in [-0.39, 0.29) is 6.04 Å². The van der Waals surface area contributed by atoms with Crippen LogP contribution in [0.5, 0.6) is 0 Å². The van der Waals surface area contributed by atoms with Crippen molar-refractivity contribution >= 4 is 10.0 Å². The summed E-state index contributed by atoms with van der Waals surface area (Å²) in [5, 5.41) is 0. The second-order valence-electron chi connectivity index (χ2n) is 5.29. The minimum absolute atomic E-state index is 0.0688. The summed E-state index contributed by atoms with van der Waals surface area (Å²) in [6, 6.07) is 7.08. The highest BCUT2D eigenvalue weighted by molar-refractivity contribution is 7.89. The largest absolute Gasteiger partial charge is 0.378 e. The molecule has 2 rings (SSSR count). The van der Waals surface area contributed by atoms with Crippen molar-refractivity contribution in [1.82, 2.24) is 4.31 Å². The number of morpholine rings is 1. The molecule has 0 amide bonds. The second kappa shape index (κ2) is 7.35. The van der Waals surface area contributed by atoms with Crippen LogP contribution in [0.3, 0.4) is 0 Å².